The second kappa shape index (κ2) is 5.58. The molecule has 0 atom stereocenters. The molecule has 0 saturated heterocycles. The van der Waals surface area contributed by atoms with Gasteiger partial charge in [0.25, 0.3) is 0 Å². The van der Waals surface area contributed by atoms with Crippen LogP contribution >= 0.6 is 0 Å². The Hall–Kier alpha value is -0.953. The molecule has 0 bridgehead atoms. The van der Waals surface area contributed by atoms with E-state index < -0.39 is 42.5 Å². The summed E-state index contributed by atoms with van der Waals surface area (Å²) < 4.78 is 68.9. The van der Waals surface area contributed by atoms with Gasteiger partial charge in [-0.25, -0.2) is 22.0 Å². The zero-order valence-electron chi connectivity index (χ0n) is 11.3. The highest BCUT2D eigenvalue weighted by atomic mass is 28.3. The smallest absolute Gasteiger partial charge is 0.200 e. The van der Waals surface area contributed by atoms with Gasteiger partial charge < -0.3 is 4.57 Å². The van der Waals surface area contributed by atoms with Crippen LogP contribution < -0.4 is 5.19 Å². The molecule has 0 unspecified atom stereocenters. The highest BCUT2D eigenvalue weighted by molar-refractivity contribution is 6.87. The summed E-state index contributed by atoms with van der Waals surface area (Å²) in [6.07, 6.45) is 0. The van der Waals surface area contributed by atoms with Crippen LogP contribution in [0.25, 0.3) is 0 Å². The van der Waals surface area contributed by atoms with Crippen LogP contribution in [0.15, 0.2) is 0 Å². The zero-order chi connectivity index (χ0) is 15.0. The lowest BCUT2D eigenvalue weighted by atomic mass is 10.3. The highest BCUT2D eigenvalue weighted by Gasteiger charge is 2.39. The third kappa shape index (κ3) is 2.53. The van der Waals surface area contributed by atoms with Crippen molar-refractivity contribution >= 4 is 13.4 Å². The number of halogens is 5. The van der Waals surface area contributed by atoms with E-state index in [2.05, 4.69) is 0 Å². The van der Waals surface area contributed by atoms with E-state index in [0.717, 1.165) is 0 Å². The van der Waals surface area contributed by atoms with Crippen LogP contribution in [0.4, 0.5) is 22.0 Å². The summed E-state index contributed by atoms with van der Waals surface area (Å²) in [7, 11) is -2.95. The molecule has 0 aliphatic heterocycles. The first-order valence-corrected chi connectivity index (χ1v) is 8.91. The predicted molar refractivity (Wildman–Crippen MR) is 66.3 cm³/mol. The second-order valence-corrected chi connectivity index (χ2v) is 8.93. The van der Waals surface area contributed by atoms with Crippen molar-refractivity contribution in [3.05, 3.63) is 29.1 Å². The van der Waals surface area contributed by atoms with Crippen LogP contribution in [0.3, 0.4) is 0 Å². The number of hydrogen-bond donors (Lipinski definition) is 0. The van der Waals surface area contributed by atoms with E-state index in [1.54, 1.807) is 31.5 Å². The average Bonchev–Trinajstić information content (AvgIpc) is 2.35. The normalized spacial score (nSPS) is 12.3. The van der Waals surface area contributed by atoms with Crippen molar-refractivity contribution < 1.29 is 22.0 Å². The minimum Gasteiger partial charge on any atom is -0.321 e. The molecule has 0 aromatic heterocycles. The SMILES string of the molecule is CCN(CC)[Si](C)(C)c1c(F)c(F)c(F)c(F)c1F. The number of nitrogens with zero attached hydrogens (tertiary/aromatic N) is 1. The summed E-state index contributed by atoms with van der Waals surface area (Å²) >= 11 is 0. The first-order chi connectivity index (χ1) is 8.69. The third-order valence-electron chi connectivity index (χ3n) is 3.38. The zero-order valence-corrected chi connectivity index (χ0v) is 12.3. The van der Waals surface area contributed by atoms with Gasteiger partial charge in [0.1, 0.15) is 0 Å². The average molecular weight is 297 g/mol. The molecule has 0 aliphatic rings. The Bertz CT molecular complexity index is 456. The molecule has 0 radical (unpaired) electrons. The van der Waals surface area contributed by atoms with Crippen LogP contribution in [0.1, 0.15) is 13.8 Å². The molecule has 0 saturated carbocycles. The van der Waals surface area contributed by atoms with Gasteiger partial charge >= 0.3 is 0 Å². The molecule has 19 heavy (non-hydrogen) atoms. The maximum atomic E-state index is 13.8. The predicted octanol–water partition coefficient (Wildman–Crippen LogP) is 3.14. The molecule has 1 nitrogen and oxygen atoms in total. The summed E-state index contributed by atoms with van der Waals surface area (Å²) in [5.41, 5.74) is 0. The lowest BCUT2D eigenvalue weighted by Gasteiger charge is -2.36. The fourth-order valence-electron chi connectivity index (χ4n) is 2.31. The summed E-state index contributed by atoms with van der Waals surface area (Å²) in [4.78, 5) is 0. The van der Waals surface area contributed by atoms with Crippen LogP contribution in [0.5, 0.6) is 0 Å². The Labute approximate surface area is 110 Å². The van der Waals surface area contributed by atoms with Crippen molar-refractivity contribution in [2.24, 2.45) is 0 Å². The molecule has 0 aliphatic carbocycles. The van der Waals surface area contributed by atoms with Crippen LogP contribution in [-0.4, -0.2) is 25.9 Å². The van der Waals surface area contributed by atoms with Crippen LogP contribution in [0, 0.1) is 29.1 Å². The first-order valence-electron chi connectivity index (χ1n) is 5.97. The van der Waals surface area contributed by atoms with Gasteiger partial charge in [-0.05, 0) is 13.1 Å². The highest BCUT2D eigenvalue weighted by Crippen LogP contribution is 2.21. The summed E-state index contributed by atoms with van der Waals surface area (Å²) in [6.45, 7) is 7.66. The van der Waals surface area contributed by atoms with Crippen molar-refractivity contribution in [1.29, 1.82) is 0 Å². The van der Waals surface area contributed by atoms with Gasteiger partial charge in [0.05, 0.1) is 0 Å². The fourth-order valence-corrected chi connectivity index (χ4v) is 5.51. The van der Waals surface area contributed by atoms with Crippen molar-refractivity contribution in [2.45, 2.75) is 26.9 Å². The van der Waals surface area contributed by atoms with Gasteiger partial charge in [0.15, 0.2) is 31.5 Å². The van der Waals surface area contributed by atoms with E-state index >= 15 is 0 Å². The molecule has 7 heteroatoms. The number of hydrogen-bond acceptors (Lipinski definition) is 1. The van der Waals surface area contributed by atoms with Crippen molar-refractivity contribution in [2.75, 3.05) is 13.1 Å². The van der Waals surface area contributed by atoms with Gasteiger partial charge in [0, 0.05) is 5.19 Å². The fraction of sp³-hybridized carbons (Fsp3) is 0.500. The molecule has 1 aromatic rings. The largest absolute Gasteiger partial charge is 0.321 e. The molecule has 0 spiro atoms. The Morgan fingerprint density at radius 3 is 1.37 bits per heavy atom. The van der Waals surface area contributed by atoms with Gasteiger partial charge in [0.2, 0.25) is 5.82 Å². The second-order valence-electron chi connectivity index (χ2n) is 4.68. The summed E-state index contributed by atoms with van der Waals surface area (Å²) in [6, 6.07) is 0. The van der Waals surface area contributed by atoms with E-state index in [0.29, 0.717) is 13.1 Å². The Morgan fingerprint density at radius 1 is 0.737 bits per heavy atom. The van der Waals surface area contributed by atoms with Gasteiger partial charge in [-0.1, -0.05) is 26.9 Å². The number of benzene rings is 1. The molecule has 0 N–H and O–H groups in total. The van der Waals surface area contributed by atoms with E-state index in [-0.39, 0.29) is 0 Å². The minimum atomic E-state index is -2.95. The van der Waals surface area contributed by atoms with Crippen molar-refractivity contribution in [1.82, 2.24) is 4.57 Å². The van der Waals surface area contributed by atoms with Gasteiger partial charge in [-0.3, -0.25) is 0 Å². The molecule has 1 aromatic carbocycles. The molecule has 0 fully saturated rings. The Kier molecular flexibility index (Phi) is 4.73. The molecule has 1 rings (SSSR count). The topological polar surface area (TPSA) is 3.24 Å². The maximum Gasteiger partial charge on any atom is 0.200 e. The Balaban J connectivity index is 3.59. The number of rotatable bonds is 4. The van der Waals surface area contributed by atoms with Gasteiger partial charge in [-0.2, -0.15) is 0 Å². The van der Waals surface area contributed by atoms with Crippen molar-refractivity contribution in [3.8, 4) is 0 Å². The standard InChI is InChI=1S/C12H16F5NSi/c1-5-18(6-2)19(3,4)12-10(16)8(14)7(13)9(15)11(12)17/h5-6H2,1-4H3. The quantitative estimate of drug-likeness (QED) is 0.357. The lowest BCUT2D eigenvalue weighted by molar-refractivity contribution is 0.381. The van der Waals surface area contributed by atoms with E-state index in [1.165, 1.54) is 0 Å². The lowest BCUT2D eigenvalue weighted by Crippen LogP contribution is -2.60. The summed E-state index contributed by atoms with van der Waals surface area (Å²) in [5.74, 6) is -9.27. The Morgan fingerprint density at radius 2 is 1.05 bits per heavy atom. The monoisotopic (exact) mass is 297 g/mol. The first kappa shape index (κ1) is 16.1. The minimum absolute atomic E-state index is 0.481. The van der Waals surface area contributed by atoms with E-state index in [4.69, 9.17) is 0 Å². The maximum absolute atomic E-state index is 13.8. The van der Waals surface area contributed by atoms with Crippen molar-refractivity contribution in [3.63, 3.8) is 0 Å². The van der Waals surface area contributed by atoms with E-state index in [9.17, 15) is 22.0 Å². The molecule has 0 amide bonds. The molecular formula is C12H16F5NSi. The molecular weight excluding hydrogens is 281 g/mol. The van der Waals surface area contributed by atoms with Gasteiger partial charge in [-0.15, -0.1) is 0 Å². The van der Waals surface area contributed by atoms with Crippen LogP contribution in [0.2, 0.25) is 13.1 Å². The third-order valence-corrected chi connectivity index (χ3v) is 7.25. The molecule has 108 valence electrons. The van der Waals surface area contributed by atoms with E-state index in [1.807, 2.05) is 0 Å². The van der Waals surface area contributed by atoms with Crippen LogP contribution in [-0.2, 0) is 0 Å². The molecule has 0 heterocycles. The summed E-state index contributed by atoms with van der Waals surface area (Å²) in [5, 5.41) is -0.660.